The van der Waals surface area contributed by atoms with Gasteiger partial charge in [0.1, 0.15) is 31.9 Å². The second kappa shape index (κ2) is 7.88. The quantitative estimate of drug-likeness (QED) is 0.525. The third-order valence-electron chi connectivity index (χ3n) is 5.27. The number of carbonyl (C=O) groups is 3. The molecular weight excluding hydrogens is 374 g/mol. The Hall–Kier alpha value is -3.46. The van der Waals surface area contributed by atoms with Gasteiger partial charge >= 0.3 is 17.8 Å². The van der Waals surface area contributed by atoms with Gasteiger partial charge in [-0.3, -0.25) is 14.5 Å². The second-order valence-corrected chi connectivity index (χ2v) is 7.00. The fraction of sp³-hybridized carbons (Fsp3) is 0.300. The molecule has 0 spiro atoms. The van der Waals surface area contributed by atoms with Crippen molar-refractivity contribution in [2.75, 3.05) is 49.8 Å². The molecule has 1 aromatic heterocycles. The zero-order valence-corrected chi connectivity index (χ0v) is 16.1. The molecule has 0 bridgehead atoms. The number of hydrogen-bond donors (Lipinski definition) is 1. The molecule has 0 aliphatic carbocycles. The molecule has 29 heavy (non-hydrogen) atoms. The van der Waals surface area contributed by atoms with E-state index in [-0.39, 0.29) is 6.67 Å². The van der Waals surface area contributed by atoms with Crippen LogP contribution in [-0.2, 0) is 9.59 Å². The maximum Gasteiger partial charge on any atom is 0.343 e. The van der Waals surface area contributed by atoms with Gasteiger partial charge in [0, 0.05) is 6.07 Å². The summed E-state index contributed by atoms with van der Waals surface area (Å²) in [6, 6.07) is 11.8. The smallest absolute Gasteiger partial charge is 0.343 e. The van der Waals surface area contributed by atoms with E-state index in [0.29, 0.717) is 11.4 Å². The normalized spacial score (nSPS) is 18.0. The van der Waals surface area contributed by atoms with E-state index in [1.807, 2.05) is 24.4 Å². The number of ether oxygens (including phenoxy) is 1. The van der Waals surface area contributed by atoms with E-state index >= 15 is 0 Å². The van der Waals surface area contributed by atoms with Gasteiger partial charge < -0.3 is 9.64 Å². The molecule has 2 aliphatic heterocycles. The first kappa shape index (κ1) is 18.9. The maximum absolute atomic E-state index is 12.8. The van der Waals surface area contributed by atoms with Gasteiger partial charge in [0.2, 0.25) is 0 Å². The second-order valence-electron chi connectivity index (χ2n) is 7.00. The number of carbonyl (C=O) groups excluding carboxylic acids is 3. The minimum absolute atomic E-state index is 0.183. The molecule has 150 valence electrons. The molecule has 2 saturated heterocycles. The fourth-order valence-electron chi connectivity index (χ4n) is 3.63. The van der Waals surface area contributed by atoms with E-state index in [4.69, 9.17) is 4.74 Å². The summed E-state index contributed by atoms with van der Waals surface area (Å²) < 4.78 is 5.09. The Morgan fingerprint density at radius 2 is 1.72 bits per heavy atom. The lowest BCUT2D eigenvalue weighted by Crippen LogP contribution is -3.16. The summed E-state index contributed by atoms with van der Waals surface area (Å²) in [5.41, 5.74) is 0.357. The Kier molecular flexibility index (Phi) is 5.13. The Bertz CT molecular complexity index is 910. The van der Waals surface area contributed by atoms with Crippen LogP contribution in [0.15, 0.2) is 48.7 Å². The molecule has 0 radical (unpaired) electrons. The van der Waals surface area contributed by atoms with E-state index in [1.165, 1.54) is 7.11 Å². The number of nitrogens with zero attached hydrogens (tertiary/aromatic N) is 3. The number of amides is 4. The van der Waals surface area contributed by atoms with Crippen molar-refractivity contribution in [3.63, 3.8) is 0 Å². The molecule has 0 saturated carbocycles. The molecule has 2 aromatic rings. The van der Waals surface area contributed by atoms with Crippen LogP contribution in [0.4, 0.5) is 16.3 Å². The predicted octanol–water partition coefficient (Wildman–Crippen LogP) is -0.833. The lowest BCUT2D eigenvalue weighted by molar-refractivity contribution is -0.907. The van der Waals surface area contributed by atoms with Crippen molar-refractivity contribution in [3.8, 4) is 5.75 Å². The van der Waals surface area contributed by atoms with Crippen LogP contribution in [0.2, 0.25) is 0 Å². The number of aromatic amines is 1. The first-order valence-electron chi connectivity index (χ1n) is 9.47. The number of piperazine rings is 1. The lowest BCUT2D eigenvalue weighted by Gasteiger charge is -2.29. The average molecular weight is 397 g/mol. The minimum atomic E-state index is -0.822. The molecule has 4 amide bonds. The van der Waals surface area contributed by atoms with Crippen LogP contribution in [0.25, 0.3) is 0 Å². The SMILES string of the molecule is COc1ccc(N2C(=O)C(=O)N(C[NH+]3CCN(c4cccc[nH+]4)CC3)C2=O)cc1. The molecule has 3 heterocycles. The van der Waals surface area contributed by atoms with Gasteiger partial charge in [0.25, 0.3) is 5.82 Å². The summed E-state index contributed by atoms with van der Waals surface area (Å²) in [6.45, 7) is 3.29. The summed E-state index contributed by atoms with van der Waals surface area (Å²) in [6.07, 6.45) is 1.88. The van der Waals surface area contributed by atoms with Gasteiger partial charge in [-0.25, -0.2) is 19.6 Å². The maximum atomic E-state index is 12.8. The topological polar surface area (TPSA) is 88.7 Å². The Morgan fingerprint density at radius 1 is 1.00 bits per heavy atom. The van der Waals surface area contributed by atoms with Crippen LogP contribution in [-0.4, -0.2) is 62.7 Å². The fourth-order valence-corrected chi connectivity index (χ4v) is 3.63. The van der Waals surface area contributed by atoms with Crippen molar-refractivity contribution >= 4 is 29.4 Å². The Balaban J connectivity index is 1.41. The Labute approximate surface area is 168 Å². The zero-order chi connectivity index (χ0) is 20.4. The van der Waals surface area contributed by atoms with Gasteiger partial charge in [-0.15, -0.1) is 0 Å². The highest BCUT2D eigenvalue weighted by molar-refractivity contribution is 6.52. The third kappa shape index (κ3) is 3.64. The van der Waals surface area contributed by atoms with Crippen LogP contribution in [0.3, 0.4) is 0 Å². The van der Waals surface area contributed by atoms with Crippen molar-refractivity contribution in [2.24, 2.45) is 0 Å². The molecule has 2 aliphatic rings. The standard InChI is InChI=1S/C20H21N5O4/c1-29-16-7-5-15(6-8-16)25-19(27)18(26)24(20(25)28)14-22-10-12-23(13-11-22)17-4-2-3-9-21-17/h2-9H,10-14H2,1H3/p+2. The number of quaternary nitrogens is 1. The van der Waals surface area contributed by atoms with Gasteiger partial charge in [-0.1, -0.05) is 6.07 Å². The van der Waals surface area contributed by atoms with E-state index in [0.717, 1.165) is 46.7 Å². The van der Waals surface area contributed by atoms with Gasteiger partial charge in [0.15, 0.2) is 6.67 Å². The number of benzene rings is 1. The number of methoxy groups -OCH3 is 1. The third-order valence-corrected chi connectivity index (χ3v) is 5.27. The molecule has 4 rings (SSSR count). The number of H-pyrrole nitrogens is 1. The first-order chi connectivity index (χ1) is 14.1. The molecule has 9 nitrogen and oxygen atoms in total. The number of rotatable bonds is 5. The highest BCUT2D eigenvalue weighted by Crippen LogP contribution is 2.24. The number of imide groups is 2. The van der Waals surface area contributed by atoms with Crippen LogP contribution in [0.1, 0.15) is 0 Å². The summed E-state index contributed by atoms with van der Waals surface area (Å²) in [7, 11) is 1.53. The number of hydrogen-bond acceptors (Lipinski definition) is 5. The van der Waals surface area contributed by atoms with Crippen molar-refractivity contribution in [2.45, 2.75) is 0 Å². The lowest BCUT2D eigenvalue weighted by atomic mass is 10.3. The molecule has 2 N–H and O–H groups in total. The molecule has 1 aromatic carbocycles. The Morgan fingerprint density at radius 3 is 2.34 bits per heavy atom. The monoisotopic (exact) mass is 397 g/mol. The van der Waals surface area contributed by atoms with Gasteiger partial charge in [-0.2, -0.15) is 0 Å². The summed E-state index contributed by atoms with van der Waals surface area (Å²) in [5.74, 6) is 0.0453. The van der Waals surface area contributed by atoms with Crippen LogP contribution >= 0.6 is 0 Å². The summed E-state index contributed by atoms with van der Waals surface area (Å²) in [5, 5.41) is 0. The van der Waals surface area contributed by atoms with E-state index in [9.17, 15) is 14.4 Å². The average Bonchev–Trinajstić information content (AvgIpc) is 2.98. The van der Waals surface area contributed by atoms with Gasteiger partial charge in [-0.05, 0) is 30.3 Å². The number of pyridine rings is 1. The molecule has 2 fully saturated rings. The highest BCUT2D eigenvalue weighted by atomic mass is 16.5. The van der Waals surface area contributed by atoms with Crippen molar-refractivity contribution in [3.05, 3.63) is 48.7 Å². The molecular formula is C20H23N5O4+2. The summed E-state index contributed by atoms with van der Waals surface area (Å²) >= 11 is 0. The van der Waals surface area contributed by atoms with E-state index < -0.39 is 17.8 Å². The van der Waals surface area contributed by atoms with Crippen molar-refractivity contribution in [1.82, 2.24) is 4.90 Å². The van der Waals surface area contributed by atoms with Gasteiger partial charge in [0.05, 0.1) is 19.0 Å². The minimum Gasteiger partial charge on any atom is -0.497 e. The predicted molar refractivity (Wildman–Crippen MR) is 103 cm³/mol. The van der Waals surface area contributed by atoms with Crippen molar-refractivity contribution in [1.29, 1.82) is 0 Å². The number of aromatic nitrogens is 1. The molecule has 9 heteroatoms. The molecule has 0 unspecified atom stereocenters. The van der Waals surface area contributed by atoms with Crippen molar-refractivity contribution < 1.29 is 29.0 Å². The van der Waals surface area contributed by atoms with Crippen LogP contribution in [0, 0.1) is 0 Å². The number of anilines is 2. The first-order valence-corrected chi connectivity index (χ1v) is 9.47. The van der Waals surface area contributed by atoms with E-state index in [1.54, 1.807) is 24.3 Å². The zero-order valence-electron chi connectivity index (χ0n) is 16.1. The highest BCUT2D eigenvalue weighted by Gasteiger charge is 2.47. The van der Waals surface area contributed by atoms with Crippen LogP contribution < -0.4 is 24.4 Å². The summed E-state index contributed by atoms with van der Waals surface area (Å²) in [4.78, 5) is 46.2. The molecule has 0 atom stereocenters. The number of urea groups is 1. The number of nitrogens with one attached hydrogen (secondary N) is 2. The van der Waals surface area contributed by atoms with Crippen LogP contribution in [0.5, 0.6) is 5.75 Å². The van der Waals surface area contributed by atoms with E-state index in [2.05, 4.69) is 9.88 Å². The largest absolute Gasteiger partial charge is 0.497 e.